The van der Waals surface area contributed by atoms with Gasteiger partial charge in [0.05, 0.1) is 12.7 Å². The molecule has 0 spiro atoms. The number of nitrogens with one attached hydrogen (secondary N) is 4. The van der Waals surface area contributed by atoms with E-state index in [0.717, 1.165) is 32.2 Å². The average Bonchev–Trinajstić information content (AvgIpc) is 2.79. The average molecular weight is 409 g/mol. The van der Waals surface area contributed by atoms with Gasteiger partial charge in [0.2, 0.25) is 0 Å². The van der Waals surface area contributed by atoms with Crippen LogP contribution in [-0.2, 0) is 5.41 Å². The van der Waals surface area contributed by atoms with Gasteiger partial charge in [-0.25, -0.2) is 0 Å². The van der Waals surface area contributed by atoms with E-state index in [1.807, 2.05) is 25.1 Å². The third kappa shape index (κ3) is 5.12. The van der Waals surface area contributed by atoms with Crippen molar-refractivity contribution in [3.05, 3.63) is 65.7 Å². The van der Waals surface area contributed by atoms with Gasteiger partial charge in [-0.2, -0.15) is 0 Å². The van der Waals surface area contributed by atoms with Crippen molar-refractivity contribution in [2.75, 3.05) is 20.2 Å². The van der Waals surface area contributed by atoms with Crippen molar-refractivity contribution in [3.63, 3.8) is 0 Å². The summed E-state index contributed by atoms with van der Waals surface area (Å²) in [5.41, 5.74) is 1.69. The number of hydrogen-bond donors (Lipinski definition) is 4. The van der Waals surface area contributed by atoms with Crippen LogP contribution in [0.1, 0.15) is 48.5 Å². The molecule has 0 radical (unpaired) electrons. The molecule has 3 rings (SSSR count). The zero-order chi connectivity index (χ0) is 21.4. The van der Waals surface area contributed by atoms with Crippen molar-refractivity contribution in [3.8, 4) is 5.75 Å². The summed E-state index contributed by atoms with van der Waals surface area (Å²) in [5, 5.41) is 17.4. The van der Waals surface area contributed by atoms with Crippen LogP contribution in [0.3, 0.4) is 0 Å². The molecule has 30 heavy (non-hydrogen) atoms. The molecule has 0 aromatic heterocycles. The van der Waals surface area contributed by atoms with Crippen LogP contribution in [0.2, 0.25) is 0 Å². The summed E-state index contributed by atoms with van der Waals surface area (Å²) in [6.07, 6.45) is 3.79. The normalized spacial score (nSPS) is 20.8. The molecule has 0 bridgehead atoms. The van der Waals surface area contributed by atoms with Crippen LogP contribution in [0.5, 0.6) is 5.75 Å². The zero-order valence-electron chi connectivity index (χ0n) is 17.8. The van der Waals surface area contributed by atoms with E-state index in [-0.39, 0.29) is 17.4 Å². The maximum Gasteiger partial charge on any atom is 0.255 e. The summed E-state index contributed by atoms with van der Waals surface area (Å²) in [7, 11) is 1.58. The number of ether oxygens (including phenoxy) is 1. The Labute approximate surface area is 178 Å². The van der Waals surface area contributed by atoms with Crippen molar-refractivity contribution in [1.29, 1.82) is 5.41 Å². The molecule has 6 heteroatoms. The van der Waals surface area contributed by atoms with Crippen molar-refractivity contribution < 1.29 is 9.53 Å². The Morgan fingerprint density at radius 2 is 1.73 bits per heavy atom. The third-order valence-electron chi connectivity index (χ3n) is 5.97. The van der Waals surface area contributed by atoms with Gasteiger partial charge in [0, 0.05) is 24.5 Å². The Morgan fingerprint density at radius 1 is 1.07 bits per heavy atom. The molecule has 0 unspecified atom stereocenters. The van der Waals surface area contributed by atoms with Gasteiger partial charge in [-0.05, 0) is 50.3 Å². The van der Waals surface area contributed by atoms with E-state index in [9.17, 15) is 4.79 Å². The van der Waals surface area contributed by atoms with Gasteiger partial charge in [-0.3, -0.25) is 10.2 Å². The quantitative estimate of drug-likeness (QED) is 0.418. The molecule has 1 aliphatic rings. The van der Waals surface area contributed by atoms with E-state index in [1.165, 1.54) is 5.56 Å². The number of benzene rings is 2. The van der Waals surface area contributed by atoms with Crippen LogP contribution >= 0.6 is 0 Å². The first-order valence-electron chi connectivity index (χ1n) is 10.6. The smallest absolute Gasteiger partial charge is 0.255 e. The van der Waals surface area contributed by atoms with Crippen molar-refractivity contribution >= 4 is 11.9 Å². The number of carbonyl (C=O) groups is 1. The molecule has 0 atom stereocenters. The van der Waals surface area contributed by atoms with Crippen LogP contribution in [0.4, 0.5) is 0 Å². The zero-order valence-corrected chi connectivity index (χ0v) is 17.8. The van der Waals surface area contributed by atoms with Gasteiger partial charge in [0.15, 0.2) is 5.96 Å². The minimum atomic E-state index is -0.114. The summed E-state index contributed by atoms with van der Waals surface area (Å²) < 4.78 is 5.34. The van der Waals surface area contributed by atoms with Gasteiger partial charge in [-0.15, -0.1) is 0 Å². The maximum atomic E-state index is 12.9. The molecular weight excluding hydrogens is 376 g/mol. The fraction of sp³-hybridized carbons (Fsp3) is 0.417. The summed E-state index contributed by atoms with van der Waals surface area (Å²) in [5.74, 6) is 0.856. The van der Waals surface area contributed by atoms with Crippen molar-refractivity contribution in [2.24, 2.45) is 0 Å². The third-order valence-corrected chi connectivity index (χ3v) is 5.97. The van der Waals surface area contributed by atoms with Crippen molar-refractivity contribution in [1.82, 2.24) is 16.0 Å². The second-order valence-corrected chi connectivity index (χ2v) is 7.85. The van der Waals surface area contributed by atoms with Crippen LogP contribution in [0.15, 0.2) is 54.6 Å². The van der Waals surface area contributed by atoms with E-state index in [4.69, 9.17) is 10.1 Å². The predicted octanol–water partition coefficient (Wildman–Crippen LogP) is 3.44. The first kappa shape index (κ1) is 21.7. The highest BCUT2D eigenvalue weighted by Gasteiger charge is 2.37. The van der Waals surface area contributed by atoms with Crippen LogP contribution in [0, 0.1) is 5.41 Å². The summed E-state index contributed by atoms with van der Waals surface area (Å²) in [6, 6.07) is 18.0. The molecule has 1 amide bonds. The molecule has 1 aliphatic carbocycles. The molecule has 2 aromatic rings. The lowest BCUT2D eigenvalue weighted by molar-refractivity contribution is 0.0932. The van der Waals surface area contributed by atoms with Crippen LogP contribution in [0.25, 0.3) is 0 Å². The van der Waals surface area contributed by atoms with E-state index in [0.29, 0.717) is 23.8 Å². The largest absolute Gasteiger partial charge is 0.496 e. The lowest BCUT2D eigenvalue weighted by Gasteiger charge is -2.41. The Morgan fingerprint density at radius 3 is 2.40 bits per heavy atom. The first-order chi connectivity index (χ1) is 14.6. The number of rotatable bonds is 7. The lowest BCUT2D eigenvalue weighted by atomic mass is 9.68. The van der Waals surface area contributed by atoms with Gasteiger partial charge in [-0.1, -0.05) is 42.5 Å². The minimum Gasteiger partial charge on any atom is -0.496 e. The summed E-state index contributed by atoms with van der Waals surface area (Å²) in [4.78, 5) is 12.9. The maximum absolute atomic E-state index is 12.9. The second-order valence-electron chi connectivity index (χ2n) is 7.85. The van der Waals surface area contributed by atoms with E-state index < -0.39 is 0 Å². The van der Waals surface area contributed by atoms with E-state index >= 15 is 0 Å². The Hall–Kier alpha value is -3.02. The monoisotopic (exact) mass is 408 g/mol. The Balaban J connectivity index is 1.71. The number of hydrogen-bond acceptors (Lipinski definition) is 3. The first-order valence-corrected chi connectivity index (χ1v) is 10.6. The Bertz CT molecular complexity index is 845. The number of guanidine groups is 1. The molecule has 0 heterocycles. The van der Waals surface area contributed by atoms with E-state index in [2.05, 4.69) is 40.2 Å². The predicted molar refractivity (Wildman–Crippen MR) is 120 cm³/mol. The molecule has 0 saturated heterocycles. The lowest BCUT2D eigenvalue weighted by Crippen LogP contribution is -2.49. The highest BCUT2D eigenvalue weighted by atomic mass is 16.5. The molecule has 160 valence electrons. The van der Waals surface area contributed by atoms with Crippen LogP contribution in [-0.4, -0.2) is 38.1 Å². The minimum absolute atomic E-state index is 0.114. The van der Waals surface area contributed by atoms with Gasteiger partial charge < -0.3 is 20.7 Å². The fourth-order valence-corrected chi connectivity index (χ4v) is 4.28. The molecule has 1 fully saturated rings. The number of amides is 1. The molecule has 2 aromatic carbocycles. The van der Waals surface area contributed by atoms with Crippen molar-refractivity contribution in [2.45, 2.75) is 44.1 Å². The van der Waals surface area contributed by atoms with Gasteiger partial charge >= 0.3 is 0 Å². The standard InChI is InChI=1S/C24H32N4O2/c1-3-26-23(25)28-19-13-15-24(16-14-19,18-9-5-4-6-10-18)17-27-22(29)20-11-7-8-12-21(20)30-2/h4-12,19H,3,13-17H2,1-2H3,(H,27,29)(H3,25,26,28)/t19-,24-. The molecular formula is C24H32N4O2. The highest BCUT2D eigenvalue weighted by molar-refractivity contribution is 5.97. The molecule has 4 N–H and O–H groups in total. The summed E-state index contributed by atoms with van der Waals surface area (Å²) in [6.45, 7) is 3.30. The topological polar surface area (TPSA) is 86.2 Å². The number of para-hydroxylation sites is 1. The summed E-state index contributed by atoms with van der Waals surface area (Å²) >= 11 is 0. The Kier molecular flexibility index (Phi) is 7.33. The molecule has 6 nitrogen and oxygen atoms in total. The van der Waals surface area contributed by atoms with E-state index in [1.54, 1.807) is 19.2 Å². The van der Waals surface area contributed by atoms with Crippen LogP contribution < -0.4 is 20.7 Å². The van der Waals surface area contributed by atoms with Gasteiger partial charge in [0.25, 0.3) is 5.91 Å². The molecule has 1 saturated carbocycles. The number of methoxy groups -OCH3 is 1. The fourth-order valence-electron chi connectivity index (χ4n) is 4.28. The number of carbonyl (C=O) groups excluding carboxylic acids is 1. The SMILES string of the molecule is CCNC(=N)N[C@H]1CC[C@](CNC(=O)c2ccccc2OC)(c2ccccc2)CC1. The van der Waals surface area contributed by atoms with Gasteiger partial charge in [0.1, 0.15) is 5.75 Å². The highest BCUT2D eigenvalue weighted by Crippen LogP contribution is 2.39. The molecule has 0 aliphatic heterocycles. The second kappa shape index (κ2) is 10.1.